The van der Waals surface area contributed by atoms with Crippen molar-refractivity contribution in [2.45, 2.75) is 13.8 Å². The summed E-state index contributed by atoms with van der Waals surface area (Å²) < 4.78 is 0. The predicted octanol–water partition coefficient (Wildman–Crippen LogP) is 3.24. The number of hydrogen-bond acceptors (Lipinski definition) is 2. The number of alkyl halides is 1. The molecule has 0 unspecified atom stereocenters. The minimum absolute atomic E-state index is 0.0573. The SMILES string of the molecule is CC(C)(CCl)C(=O)Nc1ccc(Cl)c(C(=O)O)c1. The van der Waals surface area contributed by atoms with Gasteiger partial charge in [-0.25, -0.2) is 4.79 Å². The Labute approximate surface area is 115 Å². The Kier molecular flexibility index (Phi) is 4.59. The molecule has 6 heteroatoms. The second-order valence-corrected chi connectivity index (χ2v) is 5.15. The maximum atomic E-state index is 11.9. The van der Waals surface area contributed by atoms with E-state index >= 15 is 0 Å². The maximum Gasteiger partial charge on any atom is 0.337 e. The molecule has 0 aromatic heterocycles. The molecule has 0 fully saturated rings. The molecule has 18 heavy (non-hydrogen) atoms. The molecule has 0 radical (unpaired) electrons. The van der Waals surface area contributed by atoms with Gasteiger partial charge in [0.25, 0.3) is 0 Å². The Morgan fingerprint density at radius 2 is 2.00 bits per heavy atom. The molecule has 0 saturated heterocycles. The molecule has 0 bridgehead atoms. The predicted molar refractivity (Wildman–Crippen MR) is 71.5 cm³/mol. The van der Waals surface area contributed by atoms with Crippen LogP contribution in [0.2, 0.25) is 5.02 Å². The first-order valence-corrected chi connectivity index (χ1v) is 6.09. The number of aromatic carboxylic acids is 1. The molecular weight excluding hydrogens is 277 g/mol. The first-order valence-electron chi connectivity index (χ1n) is 5.18. The van der Waals surface area contributed by atoms with Crippen LogP contribution in [0.5, 0.6) is 0 Å². The maximum absolute atomic E-state index is 11.9. The van der Waals surface area contributed by atoms with E-state index in [4.69, 9.17) is 28.3 Å². The lowest BCUT2D eigenvalue weighted by atomic mass is 9.95. The fraction of sp³-hybridized carbons (Fsp3) is 0.333. The number of rotatable bonds is 4. The van der Waals surface area contributed by atoms with Gasteiger partial charge in [0, 0.05) is 11.6 Å². The largest absolute Gasteiger partial charge is 0.478 e. The van der Waals surface area contributed by atoms with Crippen LogP contribution in [0.3, 0.4) is 0 Å². The number of amides is 1. The Morgan fingerprint density at radius 1 is 1.39 bits per heavy atom. The highest BCUT2D eigenvalue weighted by molar-refractivity contribution is 6.33. The molecule has 0 heterocycles. The van der Waals surface area contributed by atoms with E-state index < -0.39 is 11.4 Å². The zero-order chi connectivity index (χ0) is 13.9. The number of anilines is 1. The summed E-state index contributed by atoms with van der Waals surface area (Å²) in [5.41, 5.74) is -0.414. The Morgan fingerprint density at radius 3 is 2.50 bits per heavy atom. The van der Waals surface area contributed by atoms with Crippen LogP contribution in [-0.4, -0.2) is 22.9 Å². The fourth-order valence-corrected chi connectivity index (χ4v) is 1.45. The number of halogens is 2. The van der Waals surface area contributed by atoms with Crippen LogP contribution in [0.15, 0.2) is 18.2 Å². The van der Waals surface area contributed by atoms with Gasteiger partial charge < -0.3 is 10.4 Å². The molecule has 2 N–H and O–H groups in total. The Balaban J connectivity index is 2.96. The van der Waals surface area contributed by atoms with Crippen molar-refractivity contribution in [1.29, 1.82) is 0 Å². The van der Waals surface area contributed by atoms with Gasteiger partial charge in [0.2, 0.25) is 5.91 Å². The summed E-state index contributed by atoms with van der Waals surface area (Å²) in [6, 6.07) is 4.28. The number of carbonyl (C=O) groups is 2. The van der Waals surface area contributed by atoms with Crippen molar-refractivity contribution in [2.75, 3.05) is 11.2 Å². The van der Waals surface area contributed by atoms with Gasteiger partial charge in [0.1, 0.15) is 0 Å². The van der Waals surface area contributed by atoms with Gasteiger partial charge in [-0.15, -0.1) is 11.6 Å². The number of carboxylic acid groups (broad SMARTS) is 1. The van der Waals surface area contributed by atoms with E-state index in [-0.39, 0.29) is 22.4 Å². The molecule has 98 valence electrons. The molecule has 0 spiro atoms. The van der Waals surface area contributed by atoms with Gasteiger partial charge >= 0.3 is 5.97 Å². The second kappa shape index (κ2) is 5.59. The topological polar surface area (TPSA) is 66.4 Å². The summed E-state index contributed by atoms with van der Waals surface area (Å²) in [7, 11) is 0. The van der Waals surface area contributed by atoms with Crippen molar-refractivity contribution in [2.24, 2.45) is 5.41 Å². The first-order chi connectivity index (χ1) is 8.27. The average Bonchev–Trinajstić information content (AvgIpc) is 2.31. The van der Waals surface area contributed by atoms with Crippen LogP contribution >= 0.6 is 23.2 Å². The summed E-state index contributed by atoms with van der Waals surface area (Å²) in [6.45, 7) is 3.40. The Hall–Kier alpha value is -1.26. The molecule has 0 atom stereocenters. The second-order valence-electron chi connectivity index (χ2n) is 4.47. The lowest BCUT2D eigenvalue weighted by molar-refractivity contribution is -0.122. The monoisotopic (exact) mass is 289 g/mol. The fourth-order valence-electron chi connectivity index (χ4n) is 1.13. The van der Waals surface area contributed by atoms with Crippen LogP contribution in [0.1, 0.15) is 24.2 Å². The molecule has 1 aromatic carbocycles. The van der Waals surface area contributed by atoms with Crippen molar-refractivity contribution in [1.82, 2.24) is 0 Å². The highest BCUT2D eigenvalue weighted by Gasteiger charge is 2.26. The minimum Gasteiger partial charge on any atom is -0.478 e. The van der Waals surface area contributed by atoms with E-state index in [1.165, 1.54) is 18.2 Å². The number of benzene rings is 1. The number of hydrogen-bond donors (Lipinski definition) is 2. The van der Waals surface area contributed by atoms with Gasteiger partial charge in [0.15, 0.2) is 0 Å². The molecule has 4 nitrogen and oxygen atoms in total. The van der Waals surface area contributed by atoms with E-state index in [0.29, 0.717) is 5.69 Å². The van der Waals surface area contributed by atoms with Crippen LogP contribution < -0.4 is 5.32 Å². The van der Waals surface area contributed by atoms with Gasteiger partial charge in [-0.3, -0.25) is 4.79 Å². The lowest BCUT2D eigenvalue weighted by Crippen LogP contribution is -2.32. The van der Waals surface area contributed by atoms with Gasteiger partial charge in [0.05, 0.1) is 16.0 Å². The highest BCUT2D eigenvalue weighted by atomic mass is 35.5. The van der Waals surface area contributed by atoms with E-state index in [1.54, 1.807) is 13.8 Å². The lowest BCUT2D eigenvalue weighted by Gasteiger charge is -2.20. The number of carbonyl (C=O) groups excluding carboxylic acids is 1. The molecule has 1 amide bonds. The third-order valence-corrected chi connectivity index (χ3v) is 3.40. The van der Waals surface area contributed by atoms with Crippen LogP contribution in [0.25, 0.3) is 0 Å². The van der Waals surface area contributed by atoms with Gasteiger partial charge in [-0.05, 0) is 32.0 Å². The van der Waals surface area contributed by atoms with Crippen molar-refractivity contribution in [3.05, 3.63) is 28.8 Å². The molecule has 0 aliphatic rings. The van der Waals surface area contributed by atoms with Crippen molar-refractivity contribution >= 4 is 40.8 Å². The molecule has 1 rings (SSSR count). The van der Waals surface area contributed by atoms with E-state index in [9.17, 15) is 9.59 Å². The van der Waals surface area contributed by atoms with Gasteiger partial charge in [-0.2, -0.15) is 0 Å². The van der Waals surface area contributed by atoms with E-state index in [2.05, 4.69) is 5.32 Å². The molecule has 0 aliphatic heterocycles. The zero-order valence-electron chi connectivity index (χ0n) is 9.96. The standard InChI is InChI=1S/C12H13Cl2NO3/c1-12(2,6-13)11(18)15-7-3-4-9(14)8(5-7)10(16)17/h3-5H,6H2,1-2H3,(H,15,18)(H,16,17). The molecule has 1 aromatic rings. The van der Waals surface area contributed by atoms with E-state index in [1.807, 2.05) is 0 Å². The summed E-state index contributed by atoms with van der Waals surface area (Å²) in [5, 5.41) is 11.6. The van der Waals surface area contributed by atoms with Crippen LogP contribution in [0.4, 0.5) is 5.69 Å². The number of nitrogens with one attached hydrogen (secondary N) is 1. The third-order valence-electron chi connectivity index (χ3n) is 2.40. The average molecular weight is 290 g/mol. The van der Waals surface area contributed by atoms with Crippen molar-refractivity contribution in [3.8, 4) is 0 Å². The number of carboxylic acids is 1. The normalized spacial score (nSPS) is 11.1. The summed E-state index contributed by atoms with van der Waals surface area (Å²) in [5.74, 6) is -1.26. The zero-order valence-corrected chi connectivity index (χ0v) is 11.5. The van der Waals surface area contributed by atoms with Crippen LogP contribution in [-0.2, 0) is 4.79 Å². The van der Waals surface area contributed by atoms with Crippen molar-refractivity contribution < 1.29 is 14.7 Å². The molecular formula is C12H13Cl2NO3. The quantitative estimate of drug-likeness (QED) is 0.836. The third kappa shape index (κ3) is 3.37. The molecule has 0 aliphatic carbocycles. The Bertz CT molecular complexity index is 486. The van der Waals surface area contributed by atoms with Crippen LogP contribution in [0, 0.1) is 5.41 Å². The smallest absolute Gasteiger partial charge is 0.337 e. The van der Waals surface area contributed by atoms with Crippen molar-refractivity contribution in [3.63, 3.8) is 0 Å². The first kappa shape index (κ1) is 14.8. The highest BCUT2D eigenvalue weighted by Crippen LogP contribution is 2.23. The molecule has 0 saturated carbocycles. The summed E-state index contributed by atoms with van der Waals surface area (Å²) in [4.78, 5) is 22.7. The van der Waals surface area contributed by atoms with E-state index in [0.717, 1.165) is 0 Å². The summed E-state index contributed by atoms with van der Waals surface area (Å²) in [6.07, 6.45) is 0. The summed E-state index contributed by atoms with van der Waals surface area (Å²) >= 11 is 11.4. The van der Waals surface area contributed by atoms with Gasteiger partial charge in [-0.1, -0.05) is 11.6 Å². The minimum atomic E-state index is -1.15.